The van der Waals surface area contributed by atoms with E-state index in [-0.39, 0.29) is 17.0 Å². The minimum Gasteiger partial charge on any atom is -0.241 e. The van der Waals surface area contributed by atoms with Crippen LogP contribution in [0.2, 0.25) is 0 Å². The second kappa shape index (κ2) is 4.71. The van der Waals surface area contributed by atoms with E-state index in [0.29, 0.717) is 0 Å². The molecule has 0 amide bonds. The van der Waals surface area contributed by atoms with Crippen LogP contribution in [-0.4, -0.2) is 4.98 Å². The van der Waals surface area contributed by atoms with E-state index < -0.39 is 0 Å². The van der Waals surface area contributed by atoms with Crippen molar-refractivity contribution in [1.82, 2.24) is 4.98 Å². The average Bonchev–Trinajstić information content (AvgIpc) is 2.47. The third-order valence-corrected chi connectivity index (χ3v) is 2.84. The Labute approximate surface area is 98.6 Å². The molecule has 0 bridgehead atoms. The van der Waals surface area contributed by atoms with Crippen molar-refractivity contribution in [1.29, 1.82) is 0 Å². The summed E-state index contributed by atoms with van der Waals surface area (Å²) in [4.78, 5) is 5.79. The van der Waals surface area contributed by atoms with E-state index in [1.165, 1.54) is 10.4 Å². The summed E-state index contributed by atoms with van der Waals surface area (Å²) in [5.41, 5.74) is 2.34. The van der Waals surface area contributed by atoms with Gasteiger partial charge in [-0.1, -0.05) is 30.3 Å². The molecule has 0 fully saturated rings. The fourth-order valence-electron chi connectivity index (χ4n) is 1.39. The van der Waals surface area contributed by atoms with Crippen LogP contribution in [0.1, 0.15) is 9.88 Å². The van der Waals surface area contributed by atoms with Crippen molar-refractivity contribution in [2.45, 2.75) is 13.8 Å². The first kappa shape index (κ1) is 11.4. The summed E-state index contributed by atoms with van der Waals surface area (Å²) >= 11 is 1.75. The largest absolute Gasteiger partial charge is 0.241 e. The van der Waals surface area contributed by atoms with E-state index in [2.05, 4.69) is 24.0 Å². The molecule has 1 aromatic carbocycles. The molecule has 0 aliphatic rings. The number of hydrogen-bond acceptors (Lipinski definition) is 2. The lowest BCUT2D eigenvalue weighted by Crippen LogP contribution is -1.79. The third kappa shape index (κ3) is 2.22. The van der Waals surface area contributed by atoms with Gasteiger partial charge in [-0.25, -0.2) is 4.98 Å². The van der Waals surface area contributed by atoms with Gasteiger partial charge in [0, 0.05) is 10.4 Å². The minimum atomic E-state index is 0. The first-order chi connectivity index (χ1) is 6.27. The van der Waals surface area contributed by atoms with Crippen molar-refractivity contribution in [2.24, 2.45) is 0 Å². The van der Waals surface area contributed by atoms with Crippen molar-refractivity contribution in [2.75, 3.05) is 0 Å². The fourth-order valence-corrected chi connectivity index (χ4v) is 2.23. The Morgan fingerprint density at radius 3 is 2.21 bits per heavy atom. The van der Waals surface area contributed by atoms with E-state index in [9.17, 15) is 0 Å². The molecule has 1 aromatic heterocycles. The Kier molecular flexibility index (Phi) is 3.84. The molecule has 0 spiro atoms. The zero-order valence-electron chi connectivity index (χ0n) is 8.15. The number of benzene rings is 1. The highest BCUT2D eigenvalue weighted by molar-refractivity contribution is 8.93. The van der Waals surface area contributed by atoms with Gasteiger partial charge in [-0.05, 0) is 13.8 Å². The van der Waals surface area contributed by atoms with Crippen LogP contribution in [-0.2, 0) is 0 Å². The molecule has 74 valence electrons. The summed E-state index contributed by atoms with van der Waals surface area (Å²) in [6, 6.07) is 10.3. The van der Waals surface area contributed by atoms with E-state index >= 15 is 0 Å². The quantitative estimate of drug-likeness (QED) is 0.763. The molecule has 0 aliphatic heterocycles. The summed E-state index contributed by atoms with van der Waals surface area (Å²) in [5.74, 6) is 0. The SMILES string of the molecule is Br.Cc1nc(-c2ccccc2)c(C)s1. The third-order valence-electron chi connectivity index (χ3n) is 1.95. The van der Waals surface area contributed by atoms with E-state index in [0.717, 1.165) is 10.7 Å². The van der Waals surface area contributed by atoms with Gasteiger partial charge >= 0.3 is 0 Å². The summed E-state index contributed by atoms with van der Waals surface area (Å²) in [6.07, 6.45) is 0. The standard InChI is InChI=1S/C11H11NS.BrH/c1-8-11(12-9(2)13-8)10-6-4-3-5-7-10;/h3-7H,1-2H3;1H. The maximum atomic E-state index is 4.50. The molecule has 0 radical (unpaired) electrons. The topological polar surface area (TPSA) is 12.9 Å². The number of aryl methyl sites for hydroxylation is 2. The van der Waals surface area contributed by atoms with Gasteiger partial charge in [0.25, 0.3) is 0 Å². The zero-order chi connectivity index (χ0) is 9.26. The predicted octanol–water partition coefficient (Wildman–Crippen LogP) is 4.00. The zero-order valence-corrected chi connectivity index (χ0v) is 10.7. The molecule has 1 nitrogen and oxygen atoms in total. The van der Waals surface area contributed by atoms with Crippen molar-refractivity contribution in [3.63, 3.8) is 0 Å². The highest BCUT2D eigenvalue weighted by Crippen LogP contribution is 2.26. The van der Waals surface area contributed by atoms with Gasteiger partial charge in [0.2, 0.25) is 0 Å². The lowest BCUT2D eigenvalue weighted by molar-refractivity contribution is 1.28. The lowest BCUT2D eigenvalue weighted by atomic mass is 10.1. The highest BCUT2D eigenvalue weighted by atomic mass is 79.9. The molecule has 0 saturated heterocycles. The van der Waals surface area contributed by atoms with Crippen LogP contribution >= 0.6 is 28.3 Å². The van der Waals surface area contributed by atoms with Gasteiger partial charge in [-0.3, -0.25) is 0 Å². The number of halogens is 1. The molecule has 0 atom stereocenters. The first-order valence-electron chi connectivity index (χ1n) is 4.27. The van der Waals surface area contributed by atoms with E-state index in [1.54, 1.807) is 11.3 Å². The number of rotatable bonds is 1. The first-order valence-corrected chi connectivity index (χ1v) is 5.08. The number of nitrogens with zero attached hydrogens (tertiary/aromatic N) is 1. The molecular weight excluding hydrogens is 258 g/mol. The van der Waals surface area contributed by atoms with Crippen molar-refractivity contribution >= 4 is 28.3 Å². The van der Waals surface area contributed by atoms with Gasteiger partial charge in [-0.2, -0.15) is 0 Å². The Morgan fingerprint density at radius 2 is 1.71 bits per heavy atom. The van der Waals surface area contributed by atoms with Crippen LogP contribution in [0.3, 0.4) is 0 Å². The van der Waals surface area contributed by atoms with E-state index in [1.807, 2.05) is 25.1 Å². The molecular formula is C11H12BrNS. The van der Waals surface area contributed by atoms with Crippen molar-refractivity contribution in [3.05, 3.63) is 40.2 Å². The molecule has 1 heterocycles. The normalized spacial score (nSPS) is 9.57. The van der Waals surface area contributed by atoms with Gasteiger partial charge < -0.3 is 0 Å². The molecule has 0 aliphatic carbocycles. The molecule has 3 heteroatoms. The number of thiazole rings is 1. The second-order valence-corrected chi connectivity index (χ2v) is 4.41. The van der Waals surface area contributed by atoms with Gasteiger partial charge in [-0.15, -0.1) is 28.3 Å². The monoisotopic (exact) mass is 269 g/mol. The summed E-state index contributed by atoms with van der Waals surface area (Å²) < 4.78 is 0. The summed E-state index contributed by atoms with van der Waals surface area (Å²) in [5, 5.41) is 1.14. The van der Waals surface area contributed by atoms with Crippen LogP contribution in [0, 0.1) is 13.8 Å². The van der Waals surface area contributed by atoms with Crippen LogP contribution in [0.15, 0.2) is 30.3 Å². The smallest absolute Gasteiger partial charge is 0.0904 e. The van der Waals surface area contributed by atoms with Crippen molar-refractivity contribution < 1.29 is 0 Å². The minimum absolute atomic E-state index is 0. The Balaban J connectivity index is 0.000000980. The molecule has 14 heavy (non-hydrogen) atoms. The van der Waals surface area contributed by atoms with Gasteiger partial charge in [0.15, 0.2) is 0 Å². The van der Waals surface area contributed by atoms with E-state index in [4.69, 9.17) is 0 Å². The van der Waals surface area contributed by atoms with Crippen molar-refractivity contribution in [3.8, 4) is 11.3 Å². The predicted molar refractivity (Wildman–Crippen MR) is 67.3 cm³/mol. The number of aromatic nitrogens is 1. The maximum absolute atomic E-state index is 4.50. The molecule has 2 rings (SSSR count). The molecule has 0 unspecified atom stereocenters. The van der Waals surface area contributed by atoms with Gasteiger partial charge in [0.1, 0.15) is 0 Å². The Morgan fingerprint density at radius 1 is 1.07 bits per heavy atom. The average molecular weight is 270 g/mol. The fraction of sp³-hybridized carbons (Fsp3) is 0.182. The molecule has 0 saturated carbocycles. The van der Waals surface area contributed by atoms with Gasteiger partial charge in [0.05, 0.1) is 10.7 Å². The second-order valence-electron chi connectivity index (χ2n) is 3.00. The number of hydrogen-bond donors (Lipinski definition) is 0. The molecule has 2 aromatic rings. The van der Waals surface area contributed by atoms with Crippen LogP contribution in [0.5, 0.6) is 0 Å². The maximum Gasteiger partial charge on any atom is 0.0904 e. The van der Waals surface area contributed by atoms with Crippen LogP contribution in [0.25, 0.3) is 11.3 Å². The highest BCUT2D eigenvalue weighted by Gasteiger charge is 2.05. The van der Waals surface area contributed by atoms with Crippen LogP contribution in [0.4, 0.5) is 0 Å². The van der Waals surface area contributed by atoms with Crippen LogP contribution < -0.4 is 0 Å². The summed E-state index contributed by atoms with van der Waals surface area (Å²) in [7, 11) is 0. The summed E-state index contributed by atoms with van der Waals surface area (Å²) in [6.45, 7) is 4.16. The Bertz CT molecular complexity index is 408. The lowest BCUT2D eigenvalue weighted by Gasteiger charge is -1.96. The molecule has 0 N–H and O–H groups in total. The Hall–Kier alpha value is -0.670.